The van der Waals surface area contributed by atoms with Gasteiger partial charge in [0.2, 0.25) is 0 Å². The van der Waals surface area contributed by atoms with Crippen LogP contribution >= 0.6 is 0 Å². The van der Waals surface area contributed by atoms with Gasteiger partial charge < -0.3 is 5.32 Å². The third kappa shape index (κ3) is 4.23. The fourth-order valence-corrected chi connectivity index (χ4v) is 2.21. The van der Waals surface area contributed by atoms with Crippen molar-refractivity contribution in [1.29, 1.82) is 0 Å². The number of aryl methyl sites for hydroxylation is 1. The topological polar surface area (TPSA) is 12.0 Å². The van der Waals surface area contributed by atoms with E-state index in [0.717, 1.165) is 18.4 Å². The molecule has 2 atom stereocenters. The van der Waals surface area contributed by atoms with E-state index in [9.17, 15) is 13.2 Å². The molecule has 0 aromatic heterocycles. The largest absolute Gasteiger partial charge is 0.416 e. The number of halogens is 3. The van der Waals surface area contributed by atoms with Gasteiger partial charge in [0.25, 0.3) is 0 Å². The molecular weight excluding hydrogens is 251 g/mol. The second kappa shape index (κ2) is 6.42. The summed E-state index contributed by atoms with van der Waals surface area (Å²) in [5, 5.41) is 3.20. The smallest absolute Gasteiger partial charge is 0.313 e. The van der Waals surface area contributed by atoms with Crippen LogP contribution in [0.1, 0.15) is 49.4 Å². The Morgan fingerprint density at radius 3 is 2.32 bits per heavy atom. The number of benzene rings is 1. The maximum atomic E-state index is 12.6. The fraction of sp³-hybridized carbons (Fsp3) is 0.600. The van der Waals surface area contributed by atoms with E-state index in [2.05, 4.69) is 19.2 Å². The summed E-state index contributed by atoms with van der Waals surface area (Å²) in [5.74, 6) is 0.541. The molecule has 2 unspecified atom stereocenters. The average molecular weight is 273 g/mol. The second-order valence-corrected chi connectivity index (χ2v) is 5.16. The van der Waals surface area contributed by atoms with E-state index in [4.69, 9.17) is 0 Å². The molecule has 0 spiro atoms. The molecule has 1 aromatic carbocycles. The zero-order valence-corrected chi connectivity index (χ0v) is 11.9. The van der Waals surface area contributed by atoms with Crippen molar-refractivity contribution in [3.05, 3.63) is 34.9 Å². The fourth-order valence-electron chi connectivity index (χ4n) is 2.21. The van der Waals surface area contributed by atoms with Crippen molar-refractivity contribution < 1.29 is 13.2 Å². The van der Waals surface area contributed by atoms with E-state index in [1.165, 1.54) is 12.1 Å². The predicted octanol–water partition coefficient (Wildman–Crippen LogP) is 4.71. The van der Waals surface area contributed by atoms with E-state index >= 15 is 0 Å². The molecule has 19 heavy (non-hydrogen) atoms. The lowest BCUT2D eigenvalue weighted by Gasteiger charge is -2.22. The van der Waals surface area contributed by atoms with E-state index < -0.39 is 11.7 Å². The molecule has 1 nitrogen and oxygen atoms in total. The first kappa shape index (κ1) is 16.0. The molecule has 1 N–H and O–H groups in total. The minimum absolute atomic E-state index is 0.109. The van der Waals surface area contributed by atoms with Gasteiger partial charge in [-0.3, -0.25) is 0 Å². The minimum Gasteiger partial charge on any atom is -0.313 e. The predicted molar refractivity (Wildman–Crippen MR) is 72.1 cm³/mol. The minimum atomic E-state index is -4.27. The van der Waals surface area contributed by atoms with Gasteiger partial charge in [0.1, 0.15) is 0 Å². The molecule has 1 aromatic rings. The van der Waals surface area contributed by atoms with Gasteiger partial charge in [-0.05, 0) is 49.6 Å². The van der Waals surface area contributed by atoms with Crippen LogP contribution in [0.25, 0.3) is 0 Å². The summed E-state index contributed by atoms with van der Waals surface area (Å²) in [7, 11) is 1.85. The van der Waals surface area contributed by atoms with Gasteiger partial charge in [-0.1, -0.05) is 26.3 Å². The Morgan fingerprint density at radius 2 is 1.89 bits per heavy atom. The molecule has 0 bridgehead atoms. The van der Waals surface area contributed by atoms with Crippen molar-refractivity contribution in [1.82, 2.24) is 5.32 Å². The molecule has 0 aliphatic rings. The molecule has 0 heterocycles. The van der Waals surface area contributed by atoms with Crippen molar-refractivity contribution in [2.45, 2.75) is 45.8 Å². The number of rotatable bonds is 5. The number of hydrogen-bond donors (Lipinski definition) is 1. The van der Waals surface area contributed by atoms with Gasteiger partial charge in [-0.25, -0.2) is 0 Å². The lowest BCUT2D eigenvalue weighted by atomic mass is 9.91. The summed E-state index contributed by atoms with van der Waals surface area (Å²) in [4.78, 5) is 0. The van der Waals surface area contributed by atoms with Crippen LogP contribution < -0.4 is 5.32 Å². The Labute approximate surface area is 113 Å². The highest BCUT2D eigenvalue weighted by molar-refractivity contribution is 5.34. The molecule has 0 amide bonds. The molecule has 0 saturated heterocycles. The molecule has 0 radical (unpaired) electrons. The second-order valence-electron chi connectivity index (χ2n) is 5.16. The number of nitrogens with one attached hydrogen (secondary N) is 1. The van der Waals surface area contributed by atoms with Crippen molar-refractivity contribution in [2.24, 2.45) is 5.92 Å². The van der Waals surface area contributed by atoms with Gasteiger partial charge in [0.05, 0.1) is 5.56 Å². The molecule has 0 aliphatic carbocycles. The molecule has 0 aliphatic heterocycles. The van der Waals surface area contributed by atoms with Crippen LogP contribution in [-0.2, 0) is 6.18 Å². The molecule has 108 valence electrons. The van der Waals surface area contributed by atoms with Crippen molar-refractivity contribution in [3.8, 4) is 0 Å². The van der Waals surface area contributed by atoms with E-state index in [1.54, 1.807) is 13.0 Å². The zero-order valence-electron chi connectivity index (χ0n) is 11.9. The monoisotopic (exact) mass is 273 g/mol. The Hall–Kier alpha value is -1.03. The third-order valence-electron chi connectivity index (χ3n) is 3.66. The highest BCUT2D eigenvalue weighted by Gasteiger charge is 2.31. The van der Waals surface area contributed by atoms with Crippen LogP contribution in [0.4, 0.5) is 13.2 Å². The van der Waals surface area contributed by atoms with Crippen LogP contribution in [0.3, 0.4) is 0 Å². The van der Waals surface area contributed by atoms with Gasteiger partial charge >= 0.3 is 6.18 Å². The Balaban J connectivity index is 3.00. The quantitative estimate of drug-likeness (QED) is 0.819. The first-order chi connectivity index (χ1) is 8.79. The molecule has 0 saturated carbocycles. The molecule has 4 heteroatoms. The van der Waals surface area contributed by atoms with Crippen LogP contribution in [0.2, 0.25) is 0 Å². The highest BCUT2D eigenvalue weighted by atomic mass is 19.4. The van der Waals surface area contributed by atoms with E-state index in [1.807, 2.05) is 7.05 Å². The summed E-state index contributed by atoms with van der Waals surface area (Å²) in [6.45, 7) is 6.02. The maximum absolute atomic E-state index is 12.6. The van der Waals surface area contributed by atoms with Crippen LogP contribution in [0.5, 0.6) is 0 Å². The first-order valence-corrected chi connectivity index (χ1v) is 6.64. The average Bonchev–Trinajstić information content (AvgIpc) is 2.34. The van der Waals surface area contributed by atoms with Crippen molar-refractivity contribution in [3.63, 3.8) is 0 Å². The van der Waals surface area contributed by atoms with Gasteiger partial charge in [-0.15, -0.1) is 0 Å². The van der Waals surface area contributed by atoms with Crippen LogP contribution in [0, 0.1) is 12.8 Å². The van der Waals surface area contributed by atoms with Crippen LogP contribution in [-0.4, -0.2) is 7.05 Å². The number of hydrogen-bond acceptors (Lipinski definition) is 1. The number of alkyl halides is 3. The Kier molecular flexibility index (Phi) is 5.41. The SMILES string of the molecule is CCC(C)CC(NC)c1ccc(C(F)(F)F)cc1C. The zero-order chi connectivity index (χ0) is 14.6. The molecule has 0 fully saturated rings. The summed E-state index contributed by atoms with van der Waals surface area (Å²) in [6.07, 6.45) is -2.27. The van der Waals surface area contributed by atoms with E-state index in [0.29, 0.717) is 11.5 Å². The normalized spacial score (nSPS) is 15.3. The molecule has 1 rings (SSSR count). The molecular formula is C15H22F3N. The Morgan fingerprint density at radius 1 is 1.26 bits per heavy atom. The Bertz CT molecular complexity index is 412. The van der Waals surface area contributed by atoms with Crippen molar-refractivity contribution in [2.75, 3.05) is 7.05 Å². The maximum Gasteiger partial charge on any atom is 0.416 e. The summed E-state index contributed by atoms with van der Waals surface area (Å²) in [6, 6.07) is 4.11. The van der Waals surface area contributed by atoms with Gasteiger partial charge in [0.15, 0.2) is 0 Å². The van der Waals surface area contributed by atoms with Crippen molar-refractivity contribution >= 4 is 0 Å². The lowest BCUT2D eigenvalue weighted by Crippen LogP contribution is -2.20. The highest BCUT2D eigenvalue weighted by Crippen LogP contribution is 2.33. The van der Waals surface area contributed by atoms with Gasteiger partial charge in [-0.2, -0.15) is 13.2 Å². The summed E-state index contributed by atoms with van der Waals surface area (Å²) >= 11 is 0. The summed E-state index contributed by atoms with van der Waals surface area (Å²) in [5.41, 5.74) is 1.07. The van der Waals surface area contributed by atoms with E-state index in [-0.39, 0.29) is 6.04 Å². The standard InChI is InChI=1S/C15H22F3N/c1-5-10(2)8-14(19-4)13-7-6-12(9-11(13)3)15(16,17)18/h6-7,9-10,14,19H,5,8H2,1-4H3. The van der Waals surface area contributed by atoms with Crippen LogP contribution in [0.15, 0.2) is 18.2 Å². The first-order valence-electron chi connectivity index (χ1n) is 6.64. The lowest BCUT2D eigenvalue weighted by molar-refractivity contribution is -0.137. The van der Waals surface area contributed by atoms with Gasteiger partial charge in [0, 0.05) is 6.04 Å². The third-order valence-corrected chi connectivity index (χ3v) is 3.66. The summed E-state index contributed by atoms with van der Waals surface area (Å²) < 4.78 is 37.9.